The van der Waals surface area contributed by atoms with E-state index in [9.17, 15) is 4.79 Å². The first kappa shape index (κ1) is 15.1. The fourth-order valence-corrected chi connectivity index (χ4v) is 2.25. The summed E-state index contributed by atoms with van der Waals surface area (Å²) >= 11 is 3.29. The van der Waals surface area contributed by atoms with Gasteiger partial charge < -0.3 is 0 Å². The van der Waals surface area contributed by atoms with Crippen molar-refractivity contribution in [1.82, 2.24) is 14.8 Å². The molecule has 2 heterocycles. The van der Waals surface area contributed by atoms with Crippen LogP contribution in [0.4, 0.5) is 5.69 Å². The standard InChI is InChI=1S/C16H12BrN5O/c17-15-14(21-19-10-12-5-4-8-18-9-12)11-20-22(16(15)23)13-6-2-1-3-7-13/h1-11,21H/b19-10-. The Balaban J connectivity index is 1.84. The van der Waals surface area contributed by atoms with Crippen molar-refractivity contribution in [1.29, 1.82) is 0 Å². The Labute approximate surface area is 140 Å². The van der Waals surface area contributed by atoms with Crippen LogP contribution in [0.25, 0.3) is 5.69 Å². The first-order chi connectivity index (χ1) is 11.3. The lowest BCUT2D eigenvalue weighted by Crippen LogP contribution is -2.22. The predicted octanol–water partition coefficient (Wildman–Crippen LogP) is 2.84. The third-order valence-corrected chi connectivity index (χ3v) is 3.77. The Morgan fingerprint density at radius 1 is 1.13 bits per heavy atom. The van der Waals surface area contributed by atoms with Gasteiger partial charge in [0.1, 0.15) is 4.47 Å². The number of rotatable bonds is 4. The molecule has 0 unspecified atom stereocenters. The molecule has 2 aromatic heterocycles. The zero-order valence-electron chi connectivity index (χ0n) is 11.9. The molecule has 6 nitrogen and oxygen atoms in total. The minimum absolute atomic E-state index is 0.266. The van der Waals surface area contributed by atoms with E-state index in [0.717, 1.165) is 5.56 Å². The van der Waals surface area contributed by atoms with Gasteiger partial charge in [-0.3, -0.25) is 15.2 Å². The van der Waals surface area contributed by atoms with Gasteiger partial charge in [0.2, 0.25) is 0 Å². The van der Waals surface area contributed by atoms with Crippen LogP contribution in [-0.2, 0) is 0 Å². The molecule has 0 bridgehead atoms. The summed E-state index contributed by atoms with van der Waals surface area (Å²) in [5.41, 5.74) is 4.57. The number of hydrogen-bond acceptors (Lipinski definition) is 5. The number of nitrogens with zero attached hydrogens (tertiary/aromatic N) is 4. The van der Waals surface area contributed by atoms with Gasteiger partial charge in [-0.05, 0) is 34.1 Å². The molecule has 0 saturated carbocycles. The van der Waals surface area contributed by atoms with Crippen LogP contribution >= 0.6 is 15.9 Å². The Bertz CT molecular complexity index is 878. The van der Waals surface area contributed by atoms with Crippen LogP contribution in [0.5, 0.6) is 0 Å². The number of hydrazone groups is 1. The summed E-state index contributed by atoms with van der Waals surface area (Å²) in [6.45, 7) is 0. The van der Waals surface area contributed by atoms with Gasteiger partial charge >= 0.3 is 0 Å². The van der Waals surface area contributed by atoms with Crippen molar-refractivity contribution in [3.63, 3.8) is 0 Å². The van der Waals surface area contributed by atoms with Gasteiger partial charge in [0.05, 0.1) is 23.8 Å². The first-order valence-electron chi connectivity index (χ1n) is 6.78. The number of hydrogen-bond donors (Lipinski definition) is 1. The summed E-state index contributed by atoms with van der Waals surface area (Å²) in [6.07, 6.45) is 6.53. The molecule has 23 heavy (non-hydrogen) atoms. The molecule has 0 aliphatic rings. The van der Waals surface area contributed by atoms with E-state index in [1.807, 2.05) is 42.5 Å². The average molecular weight is 370 g/mol. The SMILES string of the molecule is O=c1c(Br)c(N/N=C\c2cccnc2)cnn1-c1ccccc1. The van der Waals surface area contributed by atoms with Crippen molar-refractivity contribution >= 4 is 27.8 Å². The van der Waals surface area contributed by atoms with Crippen LogP contribution in [0.1, 0.15) is 5.56 Å². The maximum absolute atomic E-state index is 12.4. The summed E-state index contributed by atoms with van der Waals surface area (Å²) in [5, 5.41) is 8.24. The molecular weight excluding hydrogens is 358 g/mol. The zero-order valence-corrected chi connectivity index (χ0v) is 13.5. The molecule has 0 amide bonds. The Hall–Kier alpha value is -2.80. The van der Waals surface area contributed by atoms with Gasteiger partial charge in [0.25, 0.3) is 5.56 Å². The smallest absolute Gasteiger partial charge is 0.275 e. The largest absolute Gasteiger partial charge is 0.287 e. The van der Waals surface area contributed by atoms with Gasteiger partial charge in [-0.15, -0.1) is 0 Å². The predicted molar refractivity (Wildman–Crippen MR) is 93.0 cm³/mol. The second kappa shape index (κ2) is 6.97. The number of anilines is 1. The highest BCUT2D eigenvalue weighted by Gasteiger charge is 2.09. The lowest BCUT2D eigenvalue weighted by molar-refractivity contribution is 0.801. The van der Waals surface area contributed by atoms with Crippen LogP contribution in [0.3, 0.4) is 0 Å². The molecule has 0 saturated heterocycles. The quantitative estimate of drug-likeness (QED) is 0.566. The number of halogens is 1. The fourth-order valence-electron chi connectivity index (χ4n) is 1.89. The average Bonchev–Trinajstić information content (AvgIpc) is 2.60. The molecule has 0 fully saturated rings. The molecule has 3 aromatic rings. The highest BCUT2D eigenvalue weighted by atomic mass is 79.9. The molecule has 0 radical (unpaired) electrons. The number of aromatic nitrogens is 3. The van der Waals surface area contributed by atoms with Gasteiger partial charge in [0.15, 0.2) is 0 Å². The van der Waals surface area contributed by atoms with Crippen molar-refractivity contribution in [2.75, 3.05) is 5.43 Å². The van der Waals surface area contributed by atoms with Crippen molar-refractivity contribution in [2.24, 2.45) is 5.10 Å². The van der Waals surface area contributed by atoms with Gasteiger partial charge in [-0.1, -0.05) is 24.3 Å². The highest BCUT2D eigenvalue weighted by Crippen LogP contribution is 2.17. The Morgan fingerprint density at radius 2 is 1.96 bits per heavy atom. The molecule has 114 valence electrons. The molecule has 1 N–H and O–H groups in total. The molecule has 0 aliphatic carbocycles. The van der Waals surface area contributed by atoms with Crippen LogP contribution in [0.2, 0.25) is 0 Å². The molecule has 0 spiro atoms. The van der Waals surface area contributed by atoms with E-state index in [0.29, 0.717) is 15.8 Å². The third-order valence-electron chi connectivity index (χ3n) is 3.00. The van der Waals surface area contributed by atoms with Crippen molar-refractivity contribution in [3.8, 4) is 5.69 Å². The second-order valence-electron chi connectivity index (χ2n) is 4.58. The topological polar surface area (TPSA) is 72.2 Å². The van der Waals surface area contributed by atoms with E-state index >= 15 is 0 Å². The number of nitrogens with one attached hydrogen (secondary N) is 1. The number of pyridine rings is 1. The van der Waals surface area contributed by atoms with E-state index in [2.05, 4.69) is 36.5 Å². The molecule has 0 aliphatic heterocycles. The lowest BCUT2D eigenvalue weighted by atomic mass is 10.3. The Kier molecular flexibility index (Phi) is 4.58. The summed E-state index contributed by atoms with van der Waals surface area (Å²) in [6, 6.07) is 12.9. The second-order valence-corrected chi connectivity index (χ2v) is 5.37. The van der Waals surface area contributed by atoms with E-state index in [-0.39, 0.29) is 5.56 Å². The van der Waals surface area contributed by atoms with Crippen LogP contribution in [-0.4, -0.2) is 21.0 Å². The van der Waals surface area contributed by atoms with Gasteiger partial charge in [-0.2, -0.15) is 14.9 Å². The molecule has 7 heteroatoms. The van der Waals surface area contributed by atoms with E-state index in [1.54, 1.807) is 24.8 Å². The maximum Gasteiger partial charge on any atom is 0.287 e. The summed E-state index contributed by atoms with van der Waals surface area (Å²) in [7, 11) is 0. The van der Waals surface area contributed by atoms with Crippen molar-refractivity contribution in [3.05, 3.63) is 81.4 Å². The first-order valence-corrected chi connectivity index (χ1v) is 7.57. The number of para-hydroxylation sites is 1. The van der Waals surface area contributed by atoms with Crippen LogP contribution in [0, 0.1) is 0 Å². The van der Waals surface area contributed by atoms with Crippen molar-refractivity contribution in [2.45, 2.75) is 0 Å². The minimum Gasteiger partial charge on any atom is -0.275 e. The van der Waals surface area contributed by atoms with E-state index in [1.165, 1.54) is 4.68 Å². The fraction of sp³-hybridized carbons (Fsp3) is 0. The van der Waals surface area contributed by atoms with Gasteiger partial charge in [-0.25, -0.2) is 0 Å². The number of benzene rings is 1. The molecule has 1 aromatic carbocycles. The minimum atomic E-state index is -0.266. The zero-order chi connectivity index (χ0) is 16.1. The van der Waals surface area contributed by atoms with Crippen LogP contribution < -0.4 is 11.0 Å². The van der Waals surface area contributed by atoms with E-state index < -0.39 is 0 Å². The monoisotopic (exact) mass is 369 g/mol. The Morgan fingerprint density at radius 3 is 2.70 bits per heavy atom. The molecule has 3 rings (SSSR count). The lowest BCUT2D eigenvalue weighted by Gasteiger charge is -2.07. The normalized spacial score (nSPS) is 10.8. The molecule has 0 atom stereocenters. The highest BCUT2D eigenvalue weighted by molar-refractivity contribution is 9.10. The summed E-state index contributed by atoms with van der Waals surface area (Å²) in [5.74, 6) is 0. The van der Waals surface area contributed by atoms with Gasteiger partial charge in [0, 0.05) is 18.0 Å². The van der Waals surface area contributed by atoms with Crippen molar-refractivity contribution < 1.29 is 0 Å². The summed E-state index contributed by atoms with van der Waals surface area (Å²) in [4.78, 5) is 16.4. The van der Waals surface area contributed by atoms with Crippen LogP contribution in [0.15, 0.2) is 75.4 Å². The molecular formula is C16H12BrN5O. The summed E-state index contributed by atoms with van der Waals surface area (Å²) < 4.78 is 1.68. The maximum atomic E-state index is 12.4. The van der Waals surface area contributed by atoms with E-state index in [4.69, 9.17) is 0 Å². The third kappa shape index (κ3) is 3.51.